The highest BCUT2D eigenvalue weighted by atomic mass is 15.0. The fourth-order valence-electron chi connectivity index (χ4n) is 2.52. The van der Waals surface area contributed by atoms with Crippen LogP contribution in [-0.4, -0.2) is 14.5 Å². The number of fused-ring (bicyclic) bond motifs is 1. The van der Waals surface area contributed by atoms with Gasteiger partial charge in [-0.2, -0.15) is 0 Å². The van der Waals surface area contributed by atoms with Crippen molar-refractivity contribution < 1.29 is 0 Å². The predicted octanol–water partition coefficient (Wildman–Crippen LogP) is 2.60. The molecule has 1 aromatic carbocycles. The molecule has 0 aliphatic rings. The lowest BCUT2D eigenvalue weighted by molar-refractivity contribution is 0.624. The van der Waals surface area contributed by atoms with Crippen molar-refractivity contribution in [2.45, 2.75) is 18.9 Å². The Morgan fingerprint density at radius 2 is 2.00 bits per heavy atom. The zero-order valence-corrected chi connectivity index (χ0v) is 11.5. The monoisotopic (exact) mass is 266 g/mol. The van der Waals surface area contributed by atoms with Crippen molar-refractivity contribution in [3.63, 3.8) is 0 Å². The topological polar surface area (TPSA) is 56.7 Å². The van der Waals surface area contributed by atoms with E-state index < -0.39 is 0 Å². The maximum Gasteiger partial charge on any atom is 0.108 e. The molecule has 102 valence electrons. The summed E-state index contributed by atoms with van der Waals surface area (Å²) in [5.74, 6) is 1.07. The first-order valence-electron chi connectivity index (χ1n) is 6.81. The molecule has 2 N–H and O–H groups in total. The number of imidazole rings is 1. The molecule has 0 radical (unpaired) electrons. The number of nitrogens with two attached hydrogens (primary N) is 1. The van der Waals surface area contributed by atoms with Gasteiger partial charge in [-0.1, -0.05) is 18.2 Å². The van der Waals surface area contributed by atoms with Crippen LogP contribution in [0.15, 0.2) is 48.9 Å². The van der Waals surface area contributed by atoms with Crippen LogP contribution in [0.3, 0.4) is 0 Å². The van der Waals surface area contributed by atoms with Crippen molar-refractivity contribution in [2.24, 2.45) is 12.8 Å². The number of pyridine rings is 1. The minimum absolute atomic E-state index is 0.000370. The smallest absolute Gasteiger partial charge is 0.108 e. The molecular formula is C16H18N4. The second-order valence-electron chi connectivity index (χ2n) is 5.02. The van der Waals surface area contributed by atoms with Gasteiger partial charge in [-0.05, 0) is 24.1 Å². The van der Waals surface area contributed by atoms with Crippen LogP contribution < -0.4 is 5.73 Å². The zero-order valence-electron chi connectivity index (χ0n) is 11.5. The molecule has 4 nitrogen and oxygen atoms in total. The van der Waals surface area contributed by atoms with Gasteiger partial charge < -0.3 is 10.3 Å². The highest BCUT2D eigenvalue weighted by molar-refractivity contribution is 5.82. The molecule has 0 amide bonds. The molecule has 2 heterocycles. The molecule has 0 spiro atoms. The summed E-state index contributed by atoms with van der Waals surface area (Å²) >= 11 is 0. The van der Waals surface area contributed by atoms with E-state index in [-0.39, 0.29) is 6.04 Å². The average Bonchev–Trinajstić information content (AvgIpc) is 2.89. The first-order valence-corrected chi connectivity index (χ1v) is 6.81. The van der Waals surface area contributed by atoms with E-state index in [9.17, 15) is 0 Å². The van der Waals surface area contributed by atoms with Gasteiger partial charge in [0.05, 0.1) is 5.52 Å². The van der Waals surface area contributed by atoms with Gasteiger partial charge in [0.15, 0.2) is 0 Å². The normalized spacial score (nSPS) is 12.7. The summed E-state index contributed by atoms with van der Waals surface area (Å²) in [5, 5.41) is 1.14. The summed E-state index contributed by atoms with van der Waals surface area (Å²) in [7, 11) is 2.01. The first kappa shape index (κ1) is 12.8. The summed E-state index contributed by atoms with van der Waals surface area (Å²) < 4.78 is 2.04. The van der Waals surface area contributed by atoms with Crippen molar-refractivity contribution in [1.29, 1.82) is 0 Å². The zero-order chi connectivity index (χ0) is 13.9. The van der Waals surface area contributed by atoms with Gasteiger partial charge in [0.1, 0.15) is 5.82 Å². The molecule has 0 aliphatic carbocycles. The minimum atomic E-state index is -0.000370. The van der Waals surface area contributed by atoms with Crippen LogP contribution >= 0.6 is 0 Å². The number of hydrogen-bond donors (Lipinski definition) is 1. The van der Waals surface area contributed by atoms with Gasteiger partial charge in [0.2, 0.25) is 0 Å². The number of aryl methyl sites for hydroxylation is 2. The van der Waals surface area contributed by atoms with Gasteiger partial charge in [0, 0.05) is 43.5 Å². The SMILES string of the molecule is Cn1ccnc1CCC(N)c1ccnc2ccccc12. The van der Waals surface area contributed by atoms with E-state index in [1.54, 1.807) is 0 Å². The second kappa shape index (κ2) is 5.43. The molecule has 3 aromatic rings. The lowest BCUT2D eigenvalue weighted by Gasteiger charge is -2.14. The van der Waals surface area contributed by atoms with E-state index in [1.165, 1.54) is 0 Å². The van der Waals surface area contributed by atoms with Gasteiger partial charge in [0.25, 0.3) is 0 Å². The third kappa shape index (κ3) is 2.42. The van der Waals surface area contributed by atoms with Gasteiger partial charge >= 0.3 is 0 Å². The molecule has 20 heavy (non-hydrogen) atoms. The quantitative estimate of drug-likeness (QED) is 0.789. The molecule has 3 rings (SSSR count). The number of hydrogen-bond acceptors (Lipinski definition) is 3. The Balaban J connectivity index is 1.82. The number of para-hydroxylation sites is 1. The Bertz CT molecular complexity index is 712. The van der Waals surface area contributed by atoms with Crippen LogP contribution in [-0.2, 0) is 13.5 Å². The standard InChI is InChI=1S/C16H18N4/c1-20-11-10-19-16(20)7-6-14(17)12-8-9-18-15-5-3-2-4-13(12)15/h2-5,8-11,14H,6-7,17H2,1H3. The van der Waals surface area contributed by atoms with E-state index >= 15 is 0 Å². The molecule has 1 atom stereocenters. The maximum absolute atomic E-state index is 6.36. The van der Waals surface area contributed by atoms with Crippen LogP contribution in [0.4, 0.5) is 0 Å². The molecule has 0 saturated carbocycles. The van der Waals surface area contributed by atoms with Crippen LogP contribution in [0.2, 0.25) is 0 Å². The summed E-state index contributed by atoms with van der Waals surface area (Å²) in [4.78, 5) is 8.72. The molecule has 4 heteroatoms. The maximum atomic E-state index is 6.36. The largest absolute Gasteiger partial charge is 0.338 e. The average molecular weight is 266 g/mol. The fraction of sp³-hybridized carbons (Fsp3) is 0.250. The van der Waals surface area contributed by atoms with E-state index in [4.69, 9.17) is 5.73 Å². The van der Waals surface area contributed by atoms with E-state index in [1.807, 2.05) is 54.5 Å². The van der Waals surface area contributed by atoms with E-state index in [0.717, 1.165) is 35.1 Å². The van der Waals surface area contributed by atoms with Crippen LogP contribution in [0.1, 0.15) is 23.9 Å². The second-order valence-corrected chi connectivity index (χ2v) is 5.02. The Hall–Kier alpha value is -2.20. The van der Waals surface area contributed by atoms with E-state index in [0.29, 0.717) is 0 Å². The molecule has 0 aliphatic heterocycles. The molecular weight excluding hydrogens is 248 g/mol. The number of benzene rings is 1. The summed E-state index contributed by atoms with van der Waals surface area (Å²) in [6.45, 7) is 0. The Morgan fingerprint density at radius 1 is 1.15 bits per heavy atom. The third-order valence-electron chi connectivity index (χ3n) is 3.68. The van der Waals surface area contributed by atoms with Crippen molar-refractivity contribution in [3.8, 4) is 0 Å². The van der Waals surface area contributed by atoms with Crippen molar-refractivity contribution in [3.05, 3.63) is 60.3 Å². The predicted molar refractivity (Wildman–Crippen MR) is 80.2 cm³/mol. The number of aromatic nitrogens is 3. The lowest BCUT2D eigenvalue weighted by atomic mass is 9.99. The Morgan fingerprint density at radius 3 is 2.80 bits per heavy atom. The van der Waals surface area contributed by atoms with Gasteiger partial charge in [-0.15, -0.1) is 0 Å². The molecule has 0 fully saturated rings. The van der Waals surface area contributed by atoms with Gasteiger partial charge in [-0.3, -0.25) is 4.98 Å². The highest BCUT2D eigenvalue weighted by Gasteiger charge is 2.11. The number of nitrogens with zero attached hydrogens (tertiary/aromatic N) is 3. The van der Waals surface area contributed by atoms with Crippen molar-refractivity contribution in [1.82, 2.24) is 14.5 Å². The highest BCUT2D eigenvalue weighted by Crippen LogP contribution is 2.24. The summed E-state index contributed by atoms with van der Waals surface area (Å²) in [5.41, 5.74) is 8.52. The van der Waals surface area contributed by atoms with Crippen LogP contribution in [0, 0.1) is 0 Å². The fourth-order valence-corrected chi connectivity index (χ4v) is 2.52. The lowest BCUT2D eigenvalue weighted by Crippen LogP contribution is -2.13. The number of rotatable bonds is 4. The van der Waals surface area contributed by atoms with Crippen LogP contribution in [0.5, 0.6) is 0 Å². The molecule has 0 saturated heterocycles. The third-order valence-corrected chi connectivity index (χ3v) is 3.68. The van der Waals surface area contributed by atoms with Crippen molar-refractivity contribution >= 4 is 10.9 Å². The van der Waals surface area contributed by atoms with E-state index in [2.05, 4.69) is 16.0 Å². The Kier molecular flexibility index (Phi) is 3.48. The molecule has 2 aromatic heterocycles. The molecule has 0 bridgehead atoms. The molecule has 1 unspecified atom stereocenters. The van der Waals surface area contributed by atoms with Crippen molar-refractivity contribution in [2.75, 3.05) is 0 Å². The minimum Gasteiger partial charge on any atom is -0.338 e. The Labute approximate surface area is 118 Å². The first-order chi connectivity index (χ1) is 9.75. The summed E-state index contributed by atoms with van der Waals surface area (Å²) in [6, 6.07) is 10.1. The van der Waals surface area contributed by atoms with Gasteiger partial charge in [-0.25, -0.2) is 4.98 Å². The van der Waals surface area contributed by atoms with Crippen LogP contribution in [0.25, 0.3) is 10.9 Å². The summed E-state index contributed by atoms with van der Waals surface area (Å²) in [6.07, 6.45) is 7.36.